The SMILES string of the molecule is [B]n1c(C(C)N=C([O-])C2CCCN2)cc2cccc(C#Cc3cnn(C)c3)c2c1=O. The van der Waals surface area contributed by atoms with Gasteiger partial charge in [-0.25, -0.2) is 0 Å². The highest BCUT2D eigenvalue weighted by Crippen LogP contribution is 2.22. The molecule has 4 rings (SSSR count). The Labute approximate surface area is 175 Å². The number of aryl methyl sites for hydroxylation is 1. The Bertz CT molecular complexity index is 1240. The van der Waals surface area contributed by atoms with Crippen molar-refractivity contribution in [3.05, 3.63) is 63.8 Å². The van der Waals surface area contributed by atoms with Crippen LogP contribution in [0.1, 0.15) is 42.6 Å². The molecule has 0 aliphatic carbocycles. The number of hydrogen-bond donors (Lipinski definition) is 1. The maximum Gasteiger partial charge on any atom is 0.246 e. The lowest BCUT2D eigenvalue weighted by molar-refractivity contribution is -0.221. The summed E-state index contributed by atoms with van der Waals surface area (Å²) in [6.07, 6.45) is 5.20. The summed E-state index contributed by atoms with van der Waals surface area (Å²) in [4.78, 5) is 17.3. The molecule has 0 spiro atoms. The first kappa shape index (κ1) is 20.0. The van der Waals surface area contributed by atoms with Gasteiger partial charge in [0.15, 0.2) is 0 Å². The molecular weight excluding hydrogens is 377 g/mol. The van der Waals surface area contributed by atoms with Gasteiger partial charge in [-0.1, -0.05) is 24.0 Å². The topological polar surface area (TPSA) is 87.3 Å². The Morgan fingerprint density at radius 3 is 2.97 bits per heavy atom. The number of pyridine rings is 1. The zero-order valence-corrected chi connectivity index (χ0v) is 16.9. The molecule has 0 bridgehead atoms. The summed E-state index contributed by atoms with van der Waals surface area (Å²) in [5, 5.41) is 20.8. The smallest absolute Gasteiger partial charge is 0.246 e. The van der Waals surface area contributed by atoms with Gasteiger partial charge < -0.3 is 14.9 Å². The minimum atomic E-state index is -0.535. The fourth-order valence-corrected chi connectivity index (χ4v) is 3.69. The van der Waals surface area contributed by atoms with Crippen molar-refractivity contribution in [3.8, 4) is 11.8 Å². The lowest BCUT2D eigenvalue weighted by Gasteiger charge is -2.22. The van der Waals surface area contributed by atoms with Crippen LogP contribution in [0.4, 0.5) is 0 Å². The predicted molar refractivity (Wildman–Crippen MR) is 115 cm³/mol. The molecule has 3 aromatic rings. The minimum Gasteiger partial charge on any atom is -0.861 e. The molecule has 1 aromatic carbocycles. The van der Waals surface area contributed by atoms with Crippen LogP contribution in [0.3, 0.4) is 0 Å². The summed E-state index contributed by atoms with van der Waals surface area (Å²) < 4.78 is 2.74. The van der Waals surface area contributed by atoms with Gasteiger partial charge in [0.05, 0.1) is 23.2 Å². The van der Waals surface area contributed by atoms with Crippen LogP contribution in [0, 0.1) is 11.8 Å². The zero-order chi connectivity index (χ0) is 21.3. The fourth-order valence-electron chi connectivity index (χ4n) is 3.69. The molecule has 7 nitrogen and oxygen atoms in total. The van der Waals surface area contributed by atoms with Gasteiger partial charge in [-0.05, 0) is 49.7 Å². The average Bonchev–Trinajstić information content (AvgIpc) is 3.40. The second-order valence-corrected chi connectivity index (χ2v) is 7.46. The molecule has 3 heterocycles. The van der Waals surface area contributed by atoms with E-state index in [1.807, 2.05) is 19.2 Å². The summed E-state index contributed by atoms with van der Waals surface area (Å²) in [7, 11) is 7.93. The molecule has 0 amide bonds. The third kappa shape index (κ3) is 3.89. The second-order valence-electron chi connectivity index (χ2n) is 7.46. The van der Waals surface area contributed by atoms with E-state index in [1.54, 1.807) is 36.1 Å². The molecule has 1 aliphatic rings. The van der Waals surface area contributed by atoms with Gasteiger partial charge >= 0.3 is 0 Å². The summed E-state index contributed by atoms with van der Waals surface area (Å²) in [5.41, 5.74) is 1.46. The Hall–Kier alpha value is -3.31. The highest BCUT2D eigenvalue weighted by molar-refractivity contribution is 6.08. The molecule has 0 saturated carbocycles. The van der Waals surface area contributed by atoms with Crippen molar-refractivity contribution in [1.82, 2.24) is 19.6 Å². The molecular formula is C22H21BN5O2-. The van der Waals surface area contributed by atoms with Gasteiger partial charge in [0.2, 0.25) is 13.5 Å². The van der Waals surface area contributed by atoms with E-state index in [-0.39, 0.29) is 17.5 Å². The van der Waals surface area contributed by atoms with Crippen LogP contribution in [-0.4, -0.2) is 40.7 Å². The first-order valence-corrected chi connectivity index (χ1v) is 9.86. The normalized spacial score (nSPS) is 17.7. The number of hydrogen-bond acceptors (Lipinski definition) is 5. The van der Waals surface area contributed by atoms with E-state index >= 15 is 0 Å². The Kier molecular flexibility index (Phi) is 5.47. The fraction of sp³-hybridized carbons (Fsp3) is 0.318. The molecule has 2 radical (unpaired) electrons. The van der Waals surface area contributed by atoms with E-state index in [2.05, 4.69) is 27.2 Å². The second kappa shape index (κ2) is 8.21. The van der Waals surface area contributed by atoms with Crippen molar-refractivity contribution in [2.45, 2.75) is 31.8 Å². The molecule has 1 saturated heterocycles. The first-order chi connectivity index (χ1) is 14.4. The zero-order valence-electron chi connectivity index (χ0n) is 16.9. The van der Waals surface area contributed by atoms with Gasteiger partial charge in [0.25, 0.3) is 0 Å². The highest BCUT2D eigenvalue weighted by atomic mass is 16.3. The van der Waals surface area contributed by atoms with Crippen LogP contribution >= 0.6 is 0 Å². The Morgan fingerprint density at radius 2 is 2.27 bits per heavy atom. The van der Waals surface area contributed by atoms with Crippen LogP contribution in [0.15, 0.2) is 46.4 Å². The molecule has 1 fully saturated rings. The average molecular weight is 398 g/mol. The maximum absolute atomic E-state index is 13.0. The molecule has 2 atom stereocenters. The number of rotatable bonds is 3. The molecule has 2 aromatic heterocycles. The van der Waals surface area contributed by atoms with Crippen LogP contribution in [0.5, 0.6) is 0 Å². The first-order valence-electron chi connectivity index (χ1n) is 9.86. The van der Waals surface area contributed by atoms with Crippen LogP contribution in [0.25, 0.3) is 10.8 Å². The predicted octanol–water partition coefficient (Wildman–Crippen LogP) is 0.638. The third-order valence-electron chi connectivity index (χ3n) is 5.26. The molecule has 1 N–H and O–H groups in total. The molecule has 150 valence electrons. The van der Waals surface area contributed by atoms with E-state index in [9.17, 15) is 9.90 Å². The summed E-state index contributed by atoms with van der Waals surface area (Å²) in [5.74, 6) is 5.86. The number of aromatic nitrogens is 3. The van der Waals surface area contributed by atoms with Crippen molar-refractivity contribution < 1.29 is 5.11 Å². The van der Waals surface area contributed by atoms with Crippen LogP contribution in [-0.2, 0) is 7.05 Å². The summed E-state index contributed by atoms with van der Waals surface area (Å²) in [6.45, 7) is 2.59. The van der Waals surface area contributed by atoms with Gasteiger partial charge in [0.1, 0.15) is 0 Å². The maximum atomic E-state index is 13.0. The minimum absolute atomic E-state index is 0.205. The van der Waals surface area contributed by atoms with Gasteiger partial charge in [-0.2, -0.15) is 5.10 Å². The van der Waals surface area contributed by atoms with Crippen molar-refractivity contribution in [3.63, 3.8) is 0 Å². The van der Waals surface area contributed by atoms with E-state index < -0.39 is 6.04 Å². The number of aliphatic imine (C=N–C) groups is 1. The van der Waals surface area contributed by atoms with Crippen molar-refractivity contribution in [1.29, 1.82) is 0 Å². The number of nitrogens with one attached hydrogen (secondary N) is 1. The molecule has 2 unspecified atom stereocenters. The van der Waals surface area contributed by atoms with Gasteiger partial charge in [-0.3, -0.25) is 14.5 Å². The van der Waals surface area contributed by atoms with E-state index in [0.717, 1.165) is 29.4 Å². The van der Waals surface area contributed by atoms with Gasteiger partial charge in [0, 0.05) is 30.5 Å². The lowest BCUT2D eigenvalue weighted by atomic mass is 10.0. The number of benzene rings is 1. The summed E-state index contributed by atoms with van der Waals surface area (Å²) in [6, 6.07) is 6.48. The largest absolute Gasteiger partial charge is 0.861 e. The van der Waals surface area contributed by atoms with Gasteiger partial charge in [-0.15, -0.1) is 0 Å². The molecule has 30 heavy (non-hydrogen) atoms. The standard InChI is InChI=1S/C22H22BN5O2/c1-14(26-21(29)18-7-4-10-24-18)19-11-17-6-3-5-16(20(17)22(30)28(19)23)9-8-15-12-25-27(2)13-15/h3,5-6,11-14,18,24H,4,7,10H2,1-2H3,(H,26,29)/p-1. The van der Waals surface area contributed by atoms with Crippen molar-refractivity contribution in [2.24, 2.45) is 12.0 Å². The summed E-state index contributed by atoms with van der Waals surface area (Å²) >= 11 is 0. The van der Waals surface area contributed by atoms with Crippen LogP contribution in [0.2, 0.25) is 0 Å². The number of fused-ring (bicyclic) bond motifs is 1. The van der Waals surface area contributed by atoms with E-state index in [1.165, 1.54) is 0 Å². The highest BCUT2D eigenvalue weighted by Gasteiger charge is 2.17. The van der Waals surface area contributed by atoms with Crippen LogP contribution < -0.4 is 16.0 Å². The van der Waals surface area contributed by atoms with Crippen molar-refractivity contribution in [2.75, 3.05) is 6.54 Å². The van der Waals surface area contributed by atoms with E-state index in [0.29, 0.717) is 22.0 Å². The number of nitrogens with zero attached hydrogens (tertiary/aromatic N) is 4. The van der Waals surface area contributed by atoms with E-state index in [4.69, 9.17) is 7.98 Å². The molecule has 1 aliphatic heterocycles. The molecule has 8 heteroatoms. The van der Waals surface area contributed by atoms with Crippen molar-refractivity contribution >= 4 is 24.7 Å². The lowest BCUT2D eigenvalue weighted by Crippen LogP contribution is -2.39. The third-order valence-corrected chi connectivity index (χ3v) is 5.26. The Morgan fingerprint density at radius 1 is 1.43 bits per heavy atom. The Balaban J connectivity index is 1.74. The quantitative estimate of drug-likeness (QED) is 0.304. The monoisotopic (exact) mass is 398 g/mol.